The van der Waals surface area contributed by atoms with E-state index in [-0.39, 0.29) is 23.1 Å². The number of carbonyl (C=O) groups excluding carboxylic acids is 1. The van der Waals surface area contributed by atoms with Gasteiger partial charge < -0.3 is 9.84 Å². The molecule has 1 aliphatic carbocycles. The van der Waals surface area contributed by atoms with Crippen LogP contribution in [-0.2, 0) is 0 Å². The van der Waals surface area contributed by atoms with Crippen molar-refractivity contribution in [1.29, 1.82) is 0 Å². The largest absolute Gasteiger partial charge is 0.506 e. The molecule has 1 saturated carbocycles. The molecule has 2 aromatic rings. The molecular formula is C21H22F2N2O3. The van der Waals surface area contributed by atoms with E-state index in [0.717, 1.165) is 38.1 Å². The van der Waals surface area contributed by atoms with Crippen LogP contribution in [0.2, 0.25) is 0 Å². The zero-order valence-electron chi connectivity index (χ0n) is 15.6. The molecule has 1 aromatic heterocycles. The molecule has 2 fully saturated rings. The van der Waals surface area contributed by atoms with Gasteiger partial charge in [-0.1, -0.05) is 6.92 Å². The van der Waals surface area contributed by atoms with Gasteiger partial charge >= 0.3 is 0 Å². The van der Waals surface area contributed by atoms with E-state index in [9.17, 15) is 18.7 Å². The second kappa shape index (κ2) is 7.13. The minimum absolute atomic E-state index is 0.0197. The van der Waals surface area contributed by atoms with E-state index in [1.807, 2.05) is 0 Å². The molecule has 1 unspecified atom stereocenters. The average Bonchev–Trinajstić information content (AvgIpc) is 3.09. The number of benzene rings is 1. The van der Waals surface area contributed by atoms with E-state index in [0.29, 0.717) is 23.9 Å². The summed E-state index contributed by atoms with van der Waals surface area (Å²) in [5.74, 6) is -1.10. The first kappa shape index (κ1) is 18.8. The lowest BCUT2D eigenvalue weighted by Crippen LogP contribution is -2.32. The van der Waals surface area contributed by atoms with Crippen molar-refractivity contribution in [3.63, 3.8) is 0 Å². The molecule has 1 aliphatic heterocycles. The van der Waals surface area contributed by atoms with Crippen molar-refractivity contribution in [1.82, 2.24) is 9.88 Å². The number of nitrogens with zero attached hydrogens (tertiary/aromatic N) is 2. The fourth-order valence-electron chi connectivity index (χ4n) is 4.54. The Balaban J connectivity index is 1.35. The summed E-state index contributed by atoms with van der Waals surface area (Å²) in [4.78, 5) is 18.5. The molecule has 0 amide bonds. The number of rotatable bonds is 5. The van der Waals surface area contributed by atoms with Crippen LogP contribution in [0.25, 0.3) is 0 Å². The summed E-state index contributed by atoms with van der Waals surface area (Å²) < 4.78 is 32.3. The third-order valence-corrected chi connectivity index (χ3v) is 5.88. The number of aromatic nitrogens is 1. The lowest BCUT2D eigenvalue weighted by atomic mass is 9.83. The molecule has 7 heteroatoms. The molecule has 28 heavy (non-hydrogen) atoms. The third-order valence-electron chi connectivity index (χ3n) is 5.88. The van der Waals surface area contributed by atoms with Gasteiger partial charge in [0.15, 0.2) is 17.4 Å². The molecule has 3 atom stereocenters. The molecule has 1 aromatic carbocycles. The van der Waals surface area contributed by atoms with Gasteiger partial charge in [0.25, 0.3) is 0 Å². The predicted molar refractivity (Wildman–Crippen MR) is 98.3 cm³/mol. The van der Waals surface area contributed by atoms with Crippen LogP contribution >= 0.6 is 0 Å². The second-order valence-corrected chi connectivity index (χ2v) is 8.10. The molecule has 0 bridgehead atoms. The number of carbonyl (C=O) groups is 1. The lowest BCUT2D eigenvalue weighted by Gasteiger charge is -2.24. The minimum Gasteiger partial charge on any atom is -0.506 e. The Labute approximate surface area is 162 Å². The lowest BCUT2D eigenvalue weighted by molar-refractivity contribution is 0.0926. The van der Waals surface area contributed by atoms with Gasteiger partial charge in [0, 0.05) is 19.2 Å². The highest BCUT2D eigenvalue weighted by molar-refractivity contribution is 5.95. The monoisotopic (exact) mass is 388 g/mol. The first-order valence-electron chi connectivity index (χ1n) is 9.35. The van der Waals surface area contributed by atoms with Gasteiger partial charge in [0.2, 0.25) is 0 Å². The van der Waals surface area contributed by atoms with Crippen LogP contribution in [0.3, 0.4) is 0 Å². The normalized spacial score (nSPS) is 27.0. The van der Waals surface area contributed by atoms with Gasteiger partial charge in [-0.15, -0.1) is 0 Å². The average molecular weight is 388 g/mol. The predicted octanol–water partition coefficient (Wildman–Crippen LogP) is 3.43. The van der Waals surface area contributed by atoms with E-state index in [2.05, 4.69) is 16.8 Å². The zero-order valence-corrected chi connectivity index (χ0v) is 15.6. The fraction of sp³-hybridized carbons (Fsp3) is 0.429. The molecule has 1 N–H and O–H groups in total. The van der Waals surface area contributed by atoms with Crippen molar-refractivity contribution in [3.8, 4) is 11.5 Å². The van der Waals surface area contributed by atoms with Crippen LogP contribution in [0.15, 0.2) is 36.5 Å². The molecule has 0 spiro atoms. The van der Waals surface area contributed by atoms with Crippen LogP contribution in [-0.4, -0.2) is 46.5 Å². The minimum atomic E-state index is -0.908. The molecule has 148 valence electrons. The topological polar surface area (TPSA) is 62.7 Å². The Morgan fingerprint density at radius 3 is 2.82 bits per heavy atom. The maximum atomic E-state index is 13.4. The van der Waals surface area contributed by atoms with Crippen LogP contribution < -0.4 is 4.74 Å². The third kappa shape index (κ3) is 3.71. The zero-order chi connectivity index (χ0) is 19.9. The SMILES string of the molecule is C[C@]12C[C@@H](Oc3ccc(F)c(F)c3)CC1CN(CC(=O)c1ccc(O)cn1)C2. The van der Waals surface area contributed by atoms with Gasteiger partial charge in [0.05, 0.1) is 18.8 Å². The highest BCUT2D eigenvalue weighted by Crippen LogP contribution is 2.49. The fourth-order valence-corrected chi connectivity index (χ4v) is 4.54. The Morgan fingerprint density at radius 2 is 2.14 bits per heavy atom. The van der Waals surface area contributed by atoms with Crippen molar-refractivity contribution in [2.24, 2.45) is 11.3 Å². The number of ketones is 1. The standard InChI is InChI=1S/C21H22F2N2O3/c1-21-8-16(28-15-3-4-17(22)18(23)7-15)6-13(21)10-25(12-21)11-20(27)19-5-2-14(26)9-24-19/h2-5,7,9,13,16,26H,6,8,10-12H2,1H3/t13?,16-,21+/m0/s1. The number of fused-ring (bicyclic) bond motifs is 1. The number of Topliss-reactive ketones (excluding diaryl/α,β-unsaturated/α-hetero) is 1. The van der Waals surface area contributed by atoms with Gasteiger partial charge in [0.1, 0.15) is 17.2 Å². The summed E-state index contributed by atoms with van der Waals surface area (Å²) in [6.07, 6.45) is 2.85. The summed E-state index contributed by atoms with van der Waals surface area (Å²) in [6, 6.07) is 6.60. The first-order chi connectivity index (χ1) is 13.3. The summed E-state index contributed by atoms with van der Waals surface area (Å²) in [7, 11) is 0. The van der Waals surface area contributed by atoms with E-state index in [1.165, 1.54) is 24.4 Å². The van der Waals surface area contributed by atoms with Crippen molar-refractivity contribution >= 4 is 5.78 Å². The van der Waals surface area contributed by atoms with Gasteiger partial charge in [-0.25, -0.2) is 13.8 Å². The Morgan fingerprint density at radius 1 is 1.32 bits per heavy atom. The van der Waals surface area contributed by atoms with Gasteiger partial charge in [-0.05, 0) is 48.4 Å². The van der Waals surface area contributed by atoms with Gasteiger partial charge in [-0.2, -0.15) is 0 Å². The second-order valence-electron chi connectivity index (χ2n) is 8.10. The smallest absolute Gasteiger partial charge is 0.195 e. The molecule has 4 rings (SSSR count). The van der Waals surface area contributed by atoms with Crippen LogP contribution in [0.1, 0.15) is 30.3 Å². The van der Waals surface area contributed by atoms with Crippen LogP contribution in [0.5, 0.6) is 11.5 Å². The number of hydrogen-bond acceptors (Lipinski definition) is 5. The van der Waals surface area contributed by atoms with Crippen molar-refractivity contribution in [2.75, 3.05) is 19.6 Å². The number of halogens is 2. The first-order valence-corrected chi connectivity index (χ1v) is 9.35. The number of aromatic hydroxyl groups is 1. The van der Waals surface area contributed by atoms with Gasteiger partial charge in [-0.3, -0.25) is 9.69 Å². The van der Waals surface area contributed by atoms with Crippen LogP contribution in [0, 0.1) is 23.0 Å². The summed E-state index contributed by atoms with van der Waals surface area (Å²) in [5.41, 5.74) is 0.367. The molecule has 2 heterocycles. The Kier molecular flexibility index (Phi) is 4.79. The summed E-state index contributed by atoms with van der Waals surface area (Å²) >= 11 is 0. The maximum Gasteiger partial charge on any atom is 0.195 e. The number of likely N-dealkylation sites (tertiary alicyclic amines) is 1. The van der Waals surface area contributed by atoms with E-state index < -0.39 is 11.6 Å². The van der Waals surface area contributed by atoms with Crippen LogP contribution in [0.4, 0.5) is 8.78 Å². The molecule has 2 aliphatic rings. The number of hydrogen-bond donors (Lipinski definition) is 1. The Hall–Kier alpha value is -2.54. The summed E-state index contributed by atoms with van der Waals surface area (Å²) in [5, 5.41) is 9.29. The highest BCUT2D eigenvalue weighted by atomic mass is 19.2. The maximum absolute atomic E-state index is 13.4. The quantitative estimate of drug-likeness (QED) is 0.796. The molecule has 1 saturated heterocycles. The van der Waals surface area contributed by atoms with E-state index in [4.69, 9.17) is 4.74 Å². The van der Waals surface area contributed by atoms with Crippen molar-refractivity contribution in [2.45, 2.75) is 25.9 Å². The van der Waals surface area contributed by atoms with E-state index >= 15 is 0 Å². The van der Waals surface area contributed by atoms with Crippen molar-refractivity contribution < 1.29 is 23.4 Å². The molecular weight excluding hydrogens is 366 g/mol. The van der Waals surface area contributed by atoms with E-state index in [1.54, 1.807) is 0 Å². The number of ether oxygens (including phenoxy) is 1. The number of pyridine rings is 1. The Bertz CT molecular complexity index is 890. The summed E-state index contributed by atoms with van der Waals surface area (Å²) in [6.45, 7) is 4.05. The highest BCUT2D eigenvalue weighted by Gasteiger charge is 2.50. The molecule has 0 radical (unpaired) electrons. The van der Waals surface area contributed by atoms with Crippen molar-refractivity contribution in [3.05, 3.63) is 53.9 Å². The molecule has 5 nitrogen and oxygen atoms in total.